The van der Waals surface area contributed by atoms with Crippen molar-refractivity contribution in [1.82, 2.24) is 24.5 Å². The van der Waals surface area contributed by atoms with Crippen LogP contribution in [0.15, 0.2) is 42.6 Å². The van der Waals surface area contributed by atoms with Crippen molar-refractivity contribution in [1.29, 1.82) is 0 Å². The second kappa shape index (κ2) is 7.18. The molecular formula is C17H20N6O. The molecule has 0 radical (unpaired) electrons. The Labute approximate surface area is 140 Å². The number of aryl methyl sites for hydroxylation is 1. The number of benzene rings is 1. The van der Waals surface area contributed by atoms with Gasteiger partial charge in [-0.15, -0.1) is 5.10 Å². The Kier molecular flexibility index (Phi) is 4.81. The summed E-state index contributed by atoms with van der Waals surface area (Å²) < 4.78 is 1.58. The van der Waals surface area contributed by atoms with Gasteiger partial charge in [-0.2, -0.15) is 4.98 Å². The predicted molar refractivity (Wildman–Crippen MR) is 90.4 cm³/mol. The molecular weight excluding hydrogens is 304 g/mol. The van der Waals surface area contributed by atoms with Crippen LogP contribution in [-0.2, 0) is 6.54 Å². The summed E-state index contributed by atoms with van der Waals surface area (Å²) in [6.45, 7) is 3.49. The Bertz CT molecular complexity index is 829. The van der Waals surface area contributed by atoms with Gasteiger partial charge in [0, 0.05) is 25.0 Å². The second-order valence-electron chi connectivity index (χ2n) is 5.59. The van der Waals surface area contributed by atoms with Gasteiger partial charge in [0.1, 0.15) is 0 Å². The zero-order valence-corrected chi connectivity index (χ0v) is 13.6. The fourth-order valence-corrected chi connectivity index (χ4v) is 2.48. The van der Waals surface area contributed by atoms with E-state index in [-0.39, 0.29) is 11.7 Å². The summed E-state index contributed by atoms with van der Waals surface area (Å²) in [6.07, 6.45) is 2.38. The predicted octanol–water partition coefficient (Wildman–Crippen LogP) is 1.42. The topological polar surface area (TPSA) is 89.4 Å². The Balaban J connectivity index is 1.87. The van der Waals surface area contributed by atoms with E-state index >= 15 is 0 Å². The van der Waals surface area contributed by atoms with Gasteiger partial charge in [-0.05, 0) is 31.5 Å². The minimum Gasteiger partial charge on any atom is -0.331 e. The molecule has 3 aromatic rings. The number of hydrogen-bond acceptors (Lipinski definition) is 5. The highest BCUT2D eigenvalue weighted by molar-refractivity contribution is 5.90. The Morgan fingerprint density at radius 3 is 2.75 bits per heavy atom. The second-order valence-corrected chi connectivity index (χ2v) is 5.59. The molecule has 24 heavy (non-hydrogen) atoms. The van der Waals surface area contributed by atoms with E-state index in [1.807, 2.05) is 43.3 Å². The van der Waals surface area contributed by atoms with E-state index in [0.717, 1.165) is 17.7 Å². The van der Waals surface area contributed by atoms with E-state index in [1.165, 1.54) is 0 Å². The van der Waals surface area contributed by atoms with Crippen LogP contribution in [-0.4, -0.2) is 43.5 Å². The summed E-state index contributed by atoms with van der Waals surface area (Å²) in [5.74, 6) is 0.374. The van der Waals surface area contributed by atoms with Crippen molar-refractivity contribution >= 4 is 11.7 Å². The summed E-state index contributed by atoms with van der Waals surface area (Å²) in [4.78, 5) is 23.0. The van der Waals surface area contributed by atoms with Crippen LogP contribution in [0.5, 0.6) is 0 Å². The lowest BCUT2D eigenvalue weighted by molar-refractivity contribution is 0.0730. The molecule has 0 aliphatic carbocycles. The summed E-state index contributed by atoms with van der Waals surface area (Å²) in [7, 11) is 0. The molecule has 0 aliphatic heterocycles. The first-order chi connectivity index (χ1) is 11.7. The molecule has 0 spiro atoms. The first kappa shape index (κ1) is 16.1. The molecule has 0 bridgehead atoms. The number of nitrogens with two attached hydrogens (primary N) is 1. The molecule has 124 valence electrons. The monoisotopic (exact) mass is 324 g/mol. The van der Waals surface area contributed by atoms with Crippen molar-refractivity contribution in [3.05, 3.63) is 59.7 Å². The molecule has 0 fully saturated rings. The molecule has 7 heteroatoms. The number of aromatic nitrogens is 4. The molecule has 2 heterocycles. The summed E-state index contributed by atoms with van der Waals surface area (Å²) in [5, 5.41) is 4.30. The molecule has 0 aliphatic rings. The number of fused-ring (bicyclic) bond motifs is 1. The quantitative estimate of drug-likeness (QED) is 0.741. The molecule has 0 atom stereocenters. The molecule has 2 N–H and O–H groups in total. The Morgan fingerprint density at radius 2 is 2.04 bits per heavy atom. The smallest absolute Gasteiger partial charge is 0.293 e. The molecule has 0 saturated carbocycles. The number of carbonyl (C=O) groups excluding carboxylic acids is 1. The van der Waals surface area contributed by atoms with Crippen molar-refractivity contribution in [2.24, 2.45) is 5.73 Å². The van der Waals surface area contributed by atoms with E-state index in [0.29, 0.717) is 25.4 Å². The van der Waals surface area contributed by atoms with Gasteiger partial charge in [0.2, 0.25) is 5.82 Å². The first-order valence-electron chi connectivity index (χ1n) is 7.90. The van der Waals surface area contributed by atoms with Gasteiger partial charge < -0.3 is 10.6 Å². The van der Waals surface area contributed by atoms with E-state index in [4.69, 9.17) is 5.73 Å². The molecule has 0 unspecified atom stereocenters. The van der Waals surface area contributed by atoms with E-state index in [2.05, 4.69) is 15.1 Å². The SMILES string of the molecule is Cc1ccnc2nc(C(=O)N(CCCN)Cc3ccccc3)nn12. The number of nitrogens with zero attached hydrogens (tertiary/aromatic N) is 5. The van der Waals surface area contributed by atoms with Crippen molar-refractivity contribution in [3.63, 3.8) is 0 Å². The zero-order chi connectivity index (χ0) is 16.9. The maximum atomic E-state index is 12.9. The molecule has 3 rings (SSSR count). The van der Waals surface area contributed by atoms with Gasteiger partial charge in [-0.25, -0.2) is 9.50 Å². The largest absolute Gasteiger partial charge is 0.331 e. The summed E-state index contributed by atoms with van der Waals surface area (Å²) in [6, 6.07) is 11.7. The van der Waals surface area contributed by atoms with Gasteiger partial charge in [-0.3, -0.25) is 4.79 Å². The van der Waals surface area contributed by atoms with E-state index in [9.17, 15) is 4.79 Å². The average molecular weight is 324 g/mol. The third kappa shape index (κ3) is 3.41. The highest BCUT2D eigenvalue weighted by atomic mass is 16.2. The van der Waals surface area contributed by atoms with Gasteiger partial charge >= 0.3 is 0 Å². The average Bonchev–Trinajstić information content (AvgIpc) is 3.04. The highest BCUT2D eigenvalue weighted by Crippen LogP contribution is 2.10. The third-order valence-corrected chi connectivity index (χ3v) is 3.76. The van der Waals surface area contributed by atoms with Gasteiger partial charge in [0.05, 0.1) is 0 Å². The Hall–Kier alpha value is -2.80. The van der Waals surface area contributed by atoms with Crippen LogP contribution in [0.25, 0.3) is 5.78 Å². The number of rotatable bonds is 6. The summed E-state index contributed by atoms with van der Waals surface area (Å²) in [5.41, 5.74) is 7.54. The lowest BCUT2D eigenvalue weighted by Crippen LogP contribution is -2.33. The van der Waals surface area contributed by atoms with Crippen molar-refractivity contribution < 1.29 is 4.79 Å². The first-order valence-corrected chi connectivity index (χ1v) is 7.90. The van der Waals surface area contributed by atoms with Gasteiger partial charge in [-0.1, -0.05) is 30.3 Å². The summed E-state index contributed by atoms with van der Waals surface area (Å²) >= 11 is 0. The van der Waals surface area contributed by atoms with Gasteiger partial charge in [0.15, 0.2) is 0 Å². The van der Waals surface area contributed by atoms with Crippen molar-refractivity contribution in [2.45, 2.75) is 19.9 Å². The minimum atomic E-state index is -0.211. The molecule has 1 amide bonds. The third-order valence-electron chi connectivity index (χ3n) is 3.76. The maximum absolute atomic E-state index is 12.9. The van der Waals surface area contributed by atoms with Crippen LogP contribution in [0, 0.1) is 6.92 Å². The molecule has 7 nitrogen and oxygen atoms in total. The van der Waals surface area contributed by atoms with Gasteiger partial charge in [0.25, 0.3) is 11.7 Å². The standard InChI is InChI=1S/C17H20N6O/c1-13-8-10-19-17-20-15(21-23(13)17)16(24)22(11-5-9-18)12-14-6-3-2-4-7-14/h2-4,6-8,10H,5,9,11-12,18H2,1H3. The number of amides is 1. The molecule has 0 saturated heterocycles. The van der Waals surface area contributed by atoms with Crippen LogP contribution in [0.1, 0.15) is 28.3 Å². The van der Waals surface area contributed by atoms with Crippen LogP contribution < -0.4 is 5.73 Å². The van der Waals surface area contributed by atoms with Crippen molar-refractivity contribution in [2.75, 3.05) is 13.1 Å². The van der Waals surface area contributed by atoms with Crippen LogP contribution in [0.3, 0.4) is 0 Å². The molecule has 2 aromatic heterocycles. The van der Waals surface area contributed by atoms with Crippen molar-refractivity contribution in [3.8, 4) is 0 Å². The van der Waals surface area contributed by atoms with E-state index < -0.39 is 0 Å². The zero-order valence-electron chi connectivity index (χ0n) is 13.6. The minimum absolute atomic E-state index is 0.157. The lowest BCUT2D eigenvalue weighted by atomic mass is 10.2. The van der Waals surface area contributed by atoms with E-state index in [1.54, 1.807) is 15.6 Å². The normalized spacial score (nSPS) is 10.9. The number of carbonyl (C=O) groups is 1. The van der Waals surface area contributed by atoms with Crippen LogP contribution >= 0.6 is 0 Å². The maximum Gasteiger partial charge on any atom is 0.293 e. The highest BCUT2D eigenvalue weighted by Gasteiger charge is 2.21. The van der Waals surface area contributed by atoms with Crippen LogP contribution in [0.2, 0.25) is 0 Å². The number of hydrogen-bond donors (Lipinski definition) is 1. The Morgan fingerprint density at radius 1 is 1.25 bits per heavy atom. The fraction of sp³-hybridized carbons (Fsp3) is 0.294. The fourth-order valence-electron chi connectivity index (χ4n) is 2.48. The molecule has 1 aromatic carbocycles. The van der Waals surface area contributed by atoms with Crippen LogP contribution in [0.4, 0.5) is 0 Å². The lowest BCUT2D eigenvalue weighted by Gasteiger charge is -2.21.